The van der Waals surface area contributed by atoms with Crippen molar-refractivity contribution in [2.75, 3.05) is 17.3 Å². The van der Waals surface area contributed by atoms with E-state index in [1.807, 2.05) is 0 Å². The Morgan fingerprint density at radius 1 is 1.02 bits per heavy atom. The van der Waals surface area contributed by atoms with Crippen molar-refractivity contribution in [1.82, 2.24) is 4.57 Å². The number of carbonyl (C=O) groups excluding carboxylic acids is 3. The van der Waals surface area contributed by atoms with Gasteiger partial charge >= 0.3 is 4.87 Å². The van der Waals surface area contributed by atoms with E-state index in [-0.39, 0.29) is 22.0 Å². The maximum atomic E-state index is 14.0. The SMILES string of the molecule is COc1ccccc1[C@@H]1c2sc(=O)n(CC(=O)Nc3ccc(S(N)(=O)=O)cc3)c2S[C@H]2C(=O)N(c3ccc([N+](=O)[O-])cc3)C(=O)[C@@H]12. The standard InChI is InChI=1S/C29H23N5O9S3/c1-43-20-5-3-2-4-19(20)22-23-24(27(37)33(26(23)36)16-8-10-17(11-9-16)34(39)40)44-28-25(22)45-29(38)32(28)14-21(35)31-15-6-12-18(13-7-15)46(30,41)42/h2-13,22-24H,14H2,1H3,(H,31,35)(H2,30,41,42)/t22-,23-,24+/m0/s1. The molecule has 0 saturated carbocycles. The van der Waals surface area contributed by atoms with Crippen molar-refractivity contribution in [3.8, 4) is 5.75 Å². The zero-order valence-electron chi connectivity index (χ0n) is 23.7. The van der Waals surface area contributed by atoms with E-state index in [0.717, 1.165) is 28.0 Å². The quantitative estimate of drug-likeness (QED) is 0.158. The van der Waals surface area contributed by atoms with Crippen LogP contribution in [0.4, 0.5) is 17.1 Å². The molecule has 3 atom stereocenters. The largest absolute Gasteiger partial charge is 0.496 e. The molecule has 0 radical (unpaired) electrons. The highest BCUT2D eigenvalue weighted by Gasteiger charge is 2.57. The van der Waals surface area contributed by atoms with E-state index in [4.69, 9.17) is 9.88 Å². The number of primary sulfonamides is 1. The van der Waals surface area contributed by atoms with Gasteiger partial charge in [-0.15, -0.1) is 0 Å². The minimum Gasteiger partial charge on any atom is -0.496 e. The number of amides is 3. The number of carbonyl (C=O) groups is 3. The topological polar surface area (TPSA) is 201 Å². The number of nitro benzene ring substituents is 1. The lowest BCUT2D eigenvalue weighted by atomic mass is 9.82. The lowest BCUT2D eigenvalue weighted by Gasteiger charge is -2.31. The molecule has 4 aromatic rings. The molecule has 6 rings (SSSR count). The van der Waals surface area contributed by atoms with Crippen molar-refractivity contribution >= 4 is 67.9 Å². The number of rotatable bonds is 8. The van der Waals surface area contributed by atoms with Crippen LogP contribution in [0.25, 0.3) is 0 Å². The number of ether oxygens (including phenoxy) is 1. The Morgan fingerprint density at radius 2 is 1.70 bits per heavy atom. The number of fused-ring (bicyclic) bond motifs is 2. The predicted octanol–water partition coefficient (Wildman–Crippen LogP) is 2.91. The lowest BCUT2D eigenvalue weighted by molar-refractivity contribution is -0.384. The third-order valence-electron chi connectivity index (χ3n) is 7.61. The molecular weight excluding hydrogens is 659 g/mol. The van der Waals surface area contributed by atoms with E-state index in [2.05, 4.69) is 5.32 Å². The number of hydrogen-bond donors (Lipinski definition) is 2. The van der Waals surface area contributed by atoms with Crippen LogP contribution >= 0.6 is 23.1 Å². The average molecular weight is 682 g/mol. The molecule has 46 heavy (non-hydrogen) atoms. The van der Waals surface area contributed by atoms with E-state index < -0.39 is 61.2 Å². The smallest absolute Gasteiger partial charge is 0.308 e. The van der Waals surface area contributed by atoms with Gasteiger partial charge in [-0.2, -0.15) is 0 Å². The number of anilines is 2. The van der Waals surface area contributed by atoms with E-state index in [1.54, 1.807) is 24.3 Å². The van der Waals surface area contributed by atoms with Crippen molar-refractivity contribution in [2.45, 2.75) is 27.6 Å². The van der Waals surface area contributed by atoms with Gasteiger partial charge in [-0.05, 0) is 42.5 Å². The van der Waals surface area contributed by atoms with Crippen LogP contribution in [0, 0.1) is 16.0 Å². The van der Waals surface area contributed by atoms with Crippen molar-refractivity contribution < 1.29 is 32.5 Å². The molecule has 1 aromatic heterocycles. The summed E-state index contributed by atoms with van der Waals surface area (Å²) in [4.78, 5) is 65.9. The van der Waals surface area contributed by atoms with Crippen LogP contribution in [-0.4, -0.2) is 48.0 Å². The molecule has 1 fully saturated rings. The molecule has 3 aromatic carbocycles. The predicted molar refractivity (Wildman–Crippen MR) is 169 cm³/mol. The summed E-state index contributed by atoms with van der Waals surface area (Å²) in [6.07, 6.45) is 0. The highest BCUT2D eigenvalue weighted by molar-refractivity contribution is 8.00. The Labute approximate surface area is 269 Å². The molecule has 3 heterocycles. The highest BCUT2D eigenvalue weighted by Crippen LogP contribution is 2.55. The molecule has 2 aliphatic heterocycles. The van der Waals surface area contributed by atoms with Crippen LogP contribution < -0.4 is 25.0 Å². The fourth-order valence-corrected chi connectivity index (χ4v) is 8.84. The number of nitrogens with zero attached hydrogens (tertiary/aromatic N) is 3. The van der Waals surface area contributed by atoms with Crippen molar-refractivity contribution in [1.29, 1.82) is 0 Å². The number of thiazole rings is 1. The Kier molecular flexibility index (Phi) is 8.01. The van der Waals surface area contributed by atoms with Gasteiger partial charge in [-0.25, -0.2) is 18.5 Å². The van der Waals surface area contributed by atoms with Gasteiger partial charge in [-0.1, -0.05) is 41.3 Å². The molecule has 3 N–H and O–H groups in total. The number of imide groups is 1. The molecule has 0 aliphatic carbocycles. The number of aromatic nitrogens is 1. The van der Waals surface area contributed by atoms with Gasteiger partial charge in [0.05, 0.1) is 33.6 Å². The van der Waals surface area contributed by atoms with Crippen LogP contribution in [0.3, 0.4) is 0 Å². The molecule has 0 spiro atoms. The van der Waals surface area contributed by atoms with Gasteiger partial charge in [0.25, 0.3) is 5.69 Å². The number of thioether (sulfide) groups is 1. The second-order valence-corrected chi connectivity index (χ2v) is 14.0. The molecule has 17 heteroatoms. The van der Waals surface area contributed by atoms with Crippen molar-refractivity contribution in [2.24, 2.45) is 11.1 Å². The number of para-hydroxylation sites is 1. The Hall–Kier alpha value is -4.84. The minimum atomic E-state index is -3.93. The van der Waals surface area contributed by atoms with Crippen LogP contribution in [-0.2, 0) is 31.0 Å². The lowest BCUT2D eigenvalue weighted by Crippen LogP contribution is -2.33. The van der Waals surface area contributed by atoms with E-state index in [9.17, 15) is 37.7 Å². The monoisotopic (exact) mass is 681 g/mol. The maximum Gasteiger partial charge on any atom is 0.308 e. The summed E-state index contributed by atoms with van der Waals surface area (Å²) in [6.45, 7) is -0.432. The summed E-state index contributed by atoms with van der Waals surface area (Å²) in [7, 11) is -2.47. The zero-order valence-corrected chi connectivity index (χ0v) is 26.1. The van der Waals surface area contributed by atoms with Gasteiger partial charge in [0.15, 0.2) is 0 Å². The van der Waals surface area contributed by atoms with Crippen LogP contribution in [0.5, 0.6) is 5.75 Å². The van der Waals surface area contributed by atoms with Crippen molar-refractivity contribution in [3.63, 3.8) is 0 Å². The molecule has 0 unspecified atom stereocenters. The van der Waals surface area contributed by atoms with Crippen molar-refractivity contribution in [3.05, 3.63) is 103 Å². The zero-order chi connectivity index (χ0) is 32.9. The summed E-state index contributed by atoms with van der Waals surface area (Å²) in [5, 5.41) is 18.3. The van der Waals surface area contributed by atoms with Gasteiger partial charge in [0.2, 0.25) is 27.7 Å². The summed E-state index contributed by atoms with van der Waals surface area (Å²) >= 11 is 1.87. The first-order chi connectivity index (χ1) is 21.9. The minimum absolute atomic E-state index is 0.138. The second-order valence-electron chi connectivity index (χ2n) is 10.3. The number of nitro groups is 1. The third kappa shape index (κ3) is 5.46. The summed E-state index contributed by atoms with van der Waals surface area (Å²) in [5.41, 5.74) is 0.805. The molecule has 236 valence electrons. The van der Waals surface area contributed by atoms with Crippen LogP contribution in [0.1, 0.15) is 16.4 Å². The number of benzene rings is 3. The van der Waals surface area contributed by atoms with Gasteiger partial charge < -0.3 is 10.1 Å². The molecule has 0 bridgehead atoms. The normalized spacial score (nSPS) is 19.0. The molecule has 3 amide bonds. The first-order valence-electron chi connectivity index (χ1n) is 13.5. The first-order valence-corrected chi connectivity index (χ1v) is 16.7. The van der Waals surface area contributed by atoms with Crippen LogP contribution in [0.2, 0.25) is 0 Å². The van der Waals surface area contributed by atoms with Crippen LogP contribution in [0.15, 0.2) is 87.5 Å². The average Bonchev–Trinajstić information content (AvgIpc) is 3.47. The van der Waals surface area contributed by atoms with Gasteiger partial charge in [-0.3, -0.25) is 33.9 Å². The number of hydrogen-bond acceptors (Lipinski definition) is 11. The molecule has 1 saturated heterocycles. The highest BCUT2D eigenvalue weighted by atomic mass is 32.2. The number of methoxy groups -OCH3 is 1. The summed E-state index contributed by atoms with van der Waals surface area (Å²) in [5.74, 6) is -3.00. The number of nitrogens with one attached hydrogen (secondary N) is 1. The summed E-state index contributed by atoms with van der Waals surface area (Å²) < 4.78 is 29.9. The van der Waals surface area contributed by atoms with E-state index in [0.29, 0.717) is 21.2 Å². The maximum absolute atomic E-state index is 14.0. The molecule has 2 aliphatic rings. The van der Waals surface area contributed by atoms with Gasteiger partial charge in [0.1, 0.15) is 17.5 Å². The van der Waals surface area contributed by atoms with Gasteiger partial charge in [0, 0.05) is 34.2 Å². The fourth-order valence-electron chi connectivity index (χ4n) is 5.56. The third-order valence-corrected chi connectivity index (χ3v) is 11.1. The van der Waals surface area contributed by atoms with E-state index >= 15 is 0 Å². The summed E-state index contributed by atoms with van der Waals surface area (Å²) in [6, 6.07) is 17.2. The fraction of sp³-hybridized carbons (Fsp3) is 0.172. The number of nitrogens with two attached hydrogens (primary N) is 1. The first kappa shape index (κ1) is 31.2. The molecular formula is C29H23N5O9S3. The number of sulfonamides is 1. The van der Waals surface area contributed by atoms with E-state index in [1.165, 1.54) is 60.2 Å². The Balaban J connectivity index is 1.38. The Bertz CT molecular complexity index is 2080. The number of non-ortho nitro benzene ring substituents is 1. The second kappa shape index (κ2) is 11.8. The Morgan fingerprint density at radius 3 is 2.33 bits per heavy atom. The molecule has 14 nitrogen and oxygen atoms in total.